The maximum Gasteiger partial charge on any atom is 0.254 e. The van der Waals surface area contributed by atoms with E-state index in [0.29, 0.717) is 12.0 Å². The molecule has 0 spiro atoms. The van der Waals surface area contributed by atoms with Crippen molar-refractivity contribution in [3.8, 4) is 0 Å². The van der Waals surface area contributed by atoms with E-state index in [1.807, 2.05) is 12.1 Å². The van der Waals surface area contributed by atoms with Gasteiger partial charge in [-0.05, 0) is 24.5 Å². The Hall–Kier alpha value is -2.37. The number of amides is 3. The first-order valence-electron chi connectivity index (χ1n) is 6.65. The smallest absolute Gasteiger partial charge is 0.254 e. The van der Waals surface area contributed by atoms with E-state index in [9.17, 15) is 14.4 Å². The van der Waals surface area contributed by atoms with Crippen LogP contribution < -0.4 is 16.0 Å². The average molecular weight is 273 g/mol. The highest BCUT2D eigenvalue weighted by Crippen LogP contribution is 2.26. The summed E-state index contributed by atoms with van der Waals surface area (Å²) < 4.78 is 0. The molecule has 3 N–H and O–H groups in total. The predicted molar refractivity (Wildman–Crippen MR) is 72.3 cm³/mol. The van der Waals surface area contributed by atoms with Crippen LogP contribution in [0.5, 0.6) is 0 Å². The first-order valence-corrected chi connectivity index (χ1v) is 6.65. The molecule has 1 fully saturated rings. The number of benzene rings is 1. The fourth-order valence-corrected chi connectivity index (χ4v) is 2.60. The second kappa shape index (κ2) is 4.96. The lowest BCUT2D eigenvalue weighted by atomic mass is 10.0. The van der Waals surface area contributed by atoms with Crippen molar-refractivity contribution in [1.29, 1.82) is 0 Å². The van der Waals surface area contributed by atoms with Gasteiger partial charge in [-0.25, -0.2) is 0 Å². The summed E-state index contributed by atoms with van der Waals surface area (Å²) in [4.78, 5) is 35.0. The van der Waals surface area contributed by atoms with Gasteiger partial charge in [0.2, 0.25) is 11.8 Å². The summed E-state index contributed by atoms with van der Waals surface area (Å²) in [5, 5.41) is 8.11. The van der Waals surface area contributed by atoms with E-state index in [2.05, 4.69) is 16.0 Å². The van der Waals surface area contributed by atoms with Crippen LogP contribution in [-0.2, 0) is 16.0 Å². The molecule has 1 aromatic rings. The van der Waals surface area contributed by atoms with Crippen LogP contribution >= 0.6 is 0 Å². The zero-order chi connectivity index (χ0) is 14.1. The number of fused-ring (bicyclic) bond motifs is 1. The average Bonchev–Trinajstić information content (AvgIpc) is 2.90. The van der Waals surface area contributed by atoms with Crippen LogP contribution in [-0.4, -0.2) is 30.3 Å². The van der Waals surface area contributed by atoms with Crippen molar-refractivity contribution in [2.24, 2.45) is 0 Å². The number of hydrogen-bond donors (Lipinski definition) is 3. The van der Waals surface area contributed by atoms with Gasteiger partial charge in [0.1, 0.15) is 6.04 Å². The molecule has 1 aromatic carbocycles. The van der Waals surface area contributed by atoms with Crippen LogP contribution in [0, 0.1) is 0 Å². The van der Waals surface area contributed by atoms with E-state index in [1.54, 1.807) is 6.07 Å². The van der Waals surface area contributed by atoms with Gasteiger partial charge >= 0.3 is 0 Å². The molecule has 2 aliphatic heterocycles. The van der Waals surface area contributed by atoms with E-state index >= 15 is 0 Å². The van der Waals surface area contributed by atoms with E-state index < -0.39 is 11.9 Å². The Morgan fingerprint density at radius 3 is 2.90 bits per heavy atom. The number of nitrogens with one attached hydrogen (secondary N) is 3. The van der Waals surface area contributed by atoms with Gasteiger partial charge in [-0.3, -0.25) is 19.7 Å². The van der Waals surface area contributed by atoms with Gasteiger partial charge in [-0.1, -0.05) is 12.1 Å². The van der Waals surface area contributed by atoms with Crippen LogP contribution in [0.4, 0.5) is 5.69 Å². The first-order chi connectivity index (χ1) is 9.65. The third kappa shape index (κ3) is 2.24. The molecule has 3 rings (SSSR count). The predicted octanol–water partition coefficient (Wildman–Crippen LogP) is 0.190. The number of rotatable bonds is 2. The Bertz CT molecular complexity index is 597. The fraction of sp³-hybridized carbons (Fsp3) is 0.357. The normalized spacial score (nSPS) is 20.9. The molecule has 1 atom stereocenters. The fourth-order valence-electron chi connectivity index (χ4n) is 2.60. The molecule has 0 saturated carbocycles. The lowest BCUT2D eigenvalue weighted by molar-refractivity contribution is -0.134. The molecule has 1 saturated heterocycles. The summed E-state index contributed by atoms with van der Waals surface area (Å²) in [5.41, 5.74) is 2.50. The Balaban J connectivity index is 1.76. The molecule has 0 aromatic heterocycles. The third-order valence-electron chi connectivity index (χ3n) is 3.64. The van der Waals surface area contributed by atoms with Gasteiger partial charge in [0.25, 0.3) is 5.91 Å². The maximum atomic E-state index is 12.3. The highest BCUT2D eigenvalue weighted by atomic mass is 16.2. The van der Waals surface area contributed by atoms with Crippen LogP contribution in [0.3, 0.4) is 0 Å². The number of carbonyl (C=O) groups is 3. The lowest BCUT2D eigenvalue weighted by Crippen LogP contribution is -2.52. The standard InChI is InChI=1S/C14H15N3O3/c18-11-5-4-10(14(20)17-11)16-13(19)9-3-1-2-8-6-7-15-12(8)9/h1-3,10,15H,4-7H2,(H,16,19)(H,17,18,20). The zero-order valence-electron chi connectivity index (χ0n) is 10.9. The Kier molecular flexibility index (Phi) is 3.14. The maximum absolute atomic E-state index is 12.3. The van der Waals surface area contributed by atoms with Crippen molar-refractivity contribution in [1.82, 2.24) is 10.6 Å². The molecule has 104 valence electrons. The summed E-state index contributed by atoms with van der Waals surface area (Å²) in [5.74, 6) is -1.01. The zero-order valence-corrected chi connectivity index (χ0v) is 10.9. The van der Waals surface area contributed by atoms with Gasteiger partial charge in [-0.15, -0.1) is 0 Å². The highest BCUT2D eigenvalue weighted by molar-refractivity contribution is 6.05. The van der Waals surface area contributed by atoms with E-state index in [1.165, 1.54) is 0 Å². The summed E-state index contributed by atoms with van der Waals surface area (Å²) in [6.45, 7) is 0.818. The number of anilines is 1. The first kappa shape index (κ1) is 12.7. The highest BCUT2D eigenvalue weighted by Gasteiger charge is 2.29. The van der Waals surface area contributed by atoms with Crippen LogP contribution in [0.25, 0.3) is 0 Å². The van der Waals surface area contributed by atoms with E-state index in [4.69, 9.17) is 0 Å². The second-order valence-corrected chi connectivity index (χ2v) is 4.99. The molecule has 0 aliphatic carbocycles. The summed E-state index contributed by atoms with van der Waals surface area (Å²) in [6, 6.07) is 4.92. The summed E-state index contributed by atoms with van der Waals surface area (Å²) in [6.07, 6.45) is 1.50. The van der Waals surface area contributed by atoms with E-state index in [-0.39, 0.29) is 18.2 Å². The lowest BCUT2D eigenvalue weighted by Gasteiger charge is -2.22. The third-order valence-corrected chi connectivity index (χ3v) is 3.64. The molecule has 3 amide bonds. The molecule has 6 heteroatoms. The molecule has 0 bridgehead atoms. The number of carbonyl (C=O) groups excluding carboxylic acids is 3. The second-order valence-electron chi connectivity index (χ2n) is 4.99. The molecule has 20 heavy (non-hydrogen) atoms. The van der Waals surface area contributed by atoms with Crippen molar-refractivity contribution in [3.63, 3.8) is 0 Å². The number of piperidine rings is 1. The Labute approximate surface area is 115 Å². The number of imide groups is 1. The molecule has 1 unspecified atom stereocenters. The van der Waals surface area contributed by atoms with Crippen LogP contribution in [0.15, 0.2) is 18.2 Å². The Morgan fingerprint density at radius 2 is 2.10 bits per heavy atom. The minimum atomic E-state index is -0.641. The summed E-state index contributed by atoms with van der Waals surface area (Å²) >= 11 is 0. The van der Waals surface area contributed by atoms with Crippen LogP contribution in [0.1, 0.15) is 28.8 Å². The minimum absolute atomic E-state index is 0.252. The van der Waals surface area contributed by atoms with Gasteiger partial charge in [-0.2, -0.15) is 0 Å². The number of hydrogen-bond acceptors (Lipinski definition) is 4. The monoisotopic (exact) mass is 273 g/mol. The molecule has 2 heterocycles. The van der Waals surface area contributed by atoms with Gasteiger partial charge in [0.05, 0.1) is 11.3 Å². The number of para-hydroxylation sites is 1. The van der Waals surface area contributed by atoms with Gasteiger partial charge in [0.15, 0.2) is 0 Å². The Morgan fingerprint density at radius 1 is 1.25 bits per heavy atom. The molecular formula is C14H15N3O3. The van der Waals surface area contributed by atoms with Crippen molar-refractivity contribution < 1.29 is 14.4 Å². The van der Waals surface area contributed by atoms with Crippen molar-refractivity contribution in [2.75, 3.05) is 11.9 Å². The van der Waals surface area contributed by atoms with Gasteiger partial charge in [0, 0.05) is 13.0 Å². The topological polar surface area (TPSA) is 87.3 Å². The summed E-state index contributed by atoms with van der Waals surface area (Å²) in [7, 11) is 0. The van der Waals surface area contributed by atoms with Crippen molar-refractivity contribution in [2.45, 2.75) is 25.3 Å². The molecule has 6 nitrogen and oxygen atoms in total. The van der Waals surface area contributed by atoms with Crippen molar-refractivity contribution >= 4 is 23.4 Å². The molecule has 0 radical (unpaired) electrons. The minimum Gasteiger partial charge on any atom is -0.384 e. The van der Waals surface area contributed by atoms with Crippen molar-refractivity contribution in [3.05, 3.63) is 29.3 Å². The van der Waals surface area contributed by atoms with Crippen LogP contribution in [0.2, 0.25) is 0 Å². The molecule has 2 aliphatic rings. The quantitative estimate of drug-likeness (QED) is 0.671. The van der Waals surface area contributed by atoms with E-state index in [0.717, 1.165) is 24.2 Å². The molecular weight excluding hydrogens is 258 g/mol. The largest absolute Gasteiger partial charge is 0.384 e. The van der Waals surface area contributed by atoms with Gasteiger partial charge < -0.3 is 10.6 Å². The SMILES string of the molecule is O=C1CCC(NC(=O)c2cccc3c2NCC3)C(=O)N1.